The summed E-state index contributed by atoms with van der Waals surface area (Å²) in [6, 6.07) is 4.45. The van der Waals surface area contributed by atoms with Crippen LogP contribution in [0.2, 0.25) is 5.02 Å². The molecule has 0 atom stereocenters. The lowest BCUT2D eigenvalue weighted by atomic mass is 10.0. The molecule has 1 aromatic carbocycles. The van der Waals surface area contributed by atoms with Gasteiger partial charge in [0.05, 0.1) is 18.8 Å². The Balaban J connectivity index is 2.90. The highest BCUT2D eigenvalue weighted by Crippen LogP contribution is 2.17. The molecule has 0 bridgehead atoms. The van der Waals surface area contributed by atoms with E-state index >= 15 is 0 Å². The molecule has 17 heavy (non-hydrogen) atoms. The van der Waals surface area contributed by atoms with E-state index in [1.807, 2.05) is 0 Å². The van der Waals surface area contributed by atoms with E-state index in [1.54, 1.807) is 0 Å². The number of nitrogens with one attached hydrogen (secondary N) is 1. The first kappa shape index (κ1) is 13.8. The van der Waals surface area contributed by atoms with E-state index in [1.165, 1.54) is 25.1 Å². The largest absolute Gasteiger partial charge is 0.399 e. The Hall–Kier alpha value is -1.30. The van der Waals surface area contributed by atoms with Gasteiger partial charge in [0, 0.05) is 16.3 Å². The van der Waals surface area contributed by atoms with Gasteiger partial charge in [-0.3, -0.25) is 4.79 Å². The molecule has 0 saturated carbocycles. The number of carbonyl (C=O) groups is 1. The molecule has 0 heterocycles. The van der Waals surface area contributed by atoms with Gasteiger partial charge in [-0.05, 0) is 25.1 Å². The van der Waals surface area contributed by atoms with Crippen LogP contribution in [-0.2, 0) is 0 Å². The van der Waals surface area contributed by atoms with E-state index in [4.69, 9.17) is 27.5 Å². The van der Waals surface area contributed by atoms with Gasteiger partial charge in [-0.15, -0.1) is 0 Å². The van der Waals surface area contributed by atoms with Crippen molar-refractivity contribution in [2.24, 2.45) is 0 Å². The van der Waals surface area contributed by atoms with Gasteiger partial charge in [0.15, 0.2) is 0 Å². The first-order valence-corrected chi connectivity index (χ1v) is 5.38. The zero-order valence-electron chi connectivity index (χ0n) is 9.40. The van der Waals surface area contributed by atoms with Crippen LogP contribution in [0.3, 0.4) is 0 Å². The Labute approximate surface area is 104 Å². The van der Waals surface area contributed by atoms with Crippen molar-refractivity contribution in [3.63, 3.8) is 0 Å². The average Bonchev–Trinajstić information content (AvgIpc) is 2.27. The molecule has 0 radical (unpaired) electrons. The molecule has 1 aromatic rings. The normalized spacial score (nSPS) is 11.3. The highest BCUT2D eigenvalue weighted by Gasteiger charge is 2.25. The predicted octanol–water partition coefficient (Wildman–Crippen LogP) is 0.395. The molecule has 0 saturated heterocycles. The monoisotopic (exact) mass is 258 g/mol. The van der Waals surface area contributed by atoms with Gasteiger partial charge in [0.1, 0.15) is 0 Å². The van der Waals surface area contributed by atoms with Crippen molar-refractivity contribution >= 4 is 23.2 Å². The first-order chi connectivity index (χ1) is 7.90. The summed E-state index contributed by atoms with van der Waals surface area (Å²) >= 11 is 5.77. The number of carbonyl (C=O) groups excluding carboxylic acids is 1. The molecular weight excluding hydrogens is 244 g/mol. The van der Waals surface area contributed by atoms with Gasteiger partial charge < -0.3 is 21.3 Å². The molecule has 0 unspecified atom stereocenters. The van der Waals surface area contributed by atoms with Gasteiger partial charge in [-0.1, -0.05) is 11.6 Å². The molecule has 94 valence electrons. The smallest absolute Gasteiger partial charge is 0.251 e. The summed E-state index contributed by atoms with van der Waals surface area (Å²) in [4.78, 5) is 11.8. The van der Waals surface area contributed by atoms with Gasteiger partial charge in [0.2, 0.25) is 0 Å². The van der Waals surface area contributed by atoms with Crippen molar-refractivity contribution in [3.8, 4) is 0 Å². The number of rotatable bonds is 4. The van der Waals surface area contributed by atoms with Crippen LogP contribution in [0.5, 0.6) is 0 Å². The standard InChI is InChI=1S/C11H15ClN2O3/c1-11(5-15,6-16)14-10(17)7-2-8(12)4-9(13)3-7/h2-4,15-16H,5-6,13H2,1H3,(H,14,17). The molecule has 0 aliphatic carbocycles. The Morgan fingerprint density at radius 3 is 2.47 bits per heavy atom. The molecule has 1 amide bonds. The van der Waals surface area contributed by atoms with E-state index in [0.29, 0.717) is 10.7 Å². The lowest BCUT2D eigenvalue weighted by Crippen LogP contribution is -2.51. The summed E-state index contributed by atoms with van der Waals surface area (Å²) in [7, 11) is 0. The zero-order chi connectivity index (χ0) is 13.1. The van der Waals surface area contributed by atoms with Crippen LogP contribution in [-0.4, -0.2) is 34.9 Å². The summed E-state index contributed by atoms with van der Waals surface area (Å²) in [6.45, 7) is 0.787. The van der Waals surface area contributed by atoms with Crippen molar-refractivity contribution in [1.29, 1.82) is 0 Å². The number of nitrogen functional groups attached to an aromatic ring is 1. The molecule has 0 spiro atoms. The number of anilines is 1. The summed E-state index contributed by atoms with van der Waals surface area (Å²) < 4.78 is 0. The Kier molecular flexibility index (Phi) is 4.34. The number of aliphatic hydroxyl groups is 2. The van der Waals surface area contributed by atoms with Gasteiger partial charge in [0.25, 0.3) is 5.91 Å². The number of benzene rings is 1. The number of nitrogens with two attached hydrogens (primary N) is 1. The van der Waals surface area contributed by atoms with E-state index in [9.17, 15) is 4.79 Å². The number of hydrogen-bond donors (Lipinski definition) is 4. The van der Waals surface area contributed by atoms with Gasteiger partial charge in [-0.2, -0.15) is 0 Å². The van der Waals surface area contributed by atoms with E-state index in [2.05, 4.69) is 5.32 Å². The molecule has 0 fully saturated rings. The van der Waals surface area contributed by atoms with Crippen LogP contribution in [0.15, 0.2) is 18.2 Å². The third-order valence-corrected chi connectivity index (χ3v) is 2.51. The second-order valence-electron chi connectivity index (χ2n) is 4.10. The molecular formula is C11H15ClN2O3. The molecule has 5 nitrogen and oxygen atoms in total. The van der Waals surface area contributed by atoms with Crippen molar-refractivity contribution in [3.05, 3.63) is 28.8 Å². The van der Waals surface area contributed by atoms with Crippen LogP contribution in [0, 0.1) is 0 Å². The molecule has 0 aliphatic heterocycles. The van der Waals surface area contributed by atoms with Crippen LogP contribution in [0.4, 0.5) is 5.69 Å². The molecule has 1 rings (SSSR count). The Bertz CT molecular complexity index is 399. The van der Waals surface area contributed by atoms with E-state index < -0.39 is 11.4 Å². The van der Waals surface area contributed by atoms with Gasteiger partial charge in [-0.25, -0.2) is 0 Å². The number of hydrogen-bond acceptors (Lipinski definition) is 4. The average molecular weight is 259 g/mol. The third-order valence-electron chi connectivity index (χ3n) is 2.30. The van der Waals surface area contributed by atoms with Crippen LogP contribution in [0.1, 0.15) is 17.3 Å². The predicted molar refractivity (Wildman–Crippen MR) is 65.9 cm³/mol. The highest BCUT2D eigenvalue weighted by molar-refractivity contribution is 6.31. The Morgan fingerprint density at radius 1 is 1.41 bits per heavy atom. The molecule has 0 aliphatic rings. The van der Waals surface area contributed by atoms with E-state index in [-0.39, 0.29) is 18.8 Å². The van der Waals surface area contributed by atoms with E-state index in [0.717, 1.165) is 0 Å². The maximum absolute atomic E-state index is 11.8. The lowest BCUT2D eigenvalue weighted by Gasteiger charge is -2.26. The SMILES string of the molecule is CC(CO)(CO)NC(=O)c1cc(N)cc(Cl)c1. The summed E-state index contributed by atoms with van der Waals surface area (Å²) in [5, 5.41) is 21.0. The van der Waals surface area contributed by atoms with Crippen LogP contribution < -0.4 is 11.1 Å². The van der Waals surface area contributed by atoms with Crippen molar-refractivity contribution in [1.82, 2.24) is 5.32 Å². The highest BCUT2D eigenvalue weighted by atomic mass is 35.5. The zero-order valence-corrected chi connectivity index (χ0v) is 10.2. The molecule has 6 heteroatoms. The Morgan fingerprint density at radius 2 is 2.00 bits per heavy atom. The summed E-state index contributed by atoms with van der Waals surface area (Å²) in [6.07, 6.45) is 0. The first-order valence-electron chi connectivity index (χ1n) is 5.00. The minimum atomic E-state index is -1.08. The second-order valence-corrected chi connectivity index (χ2v) is 4.54. The van der Waals surface area contributed by atoms with Crippen molar-refractivity contribution < 1.29 is 15.0 Å². The van der Waals surface area contributed by atoms with Crippen LogP contribution in [0.25, 0.3) is 0 Å². The van der Waals surface area contributed by atoms with Crippen molar-refractivity contribution in [2.75, 3.05) is 18.9 Å². The molecule has 0 aromatic heterocycles. The van der Waals surface area contributed by atoms with Gasteiger partial charge >= 0.3 is 0 Å². The number of halogens is 1. The third kappa shape index (κ3) is 3.59. The maximum atomic E-state index is 11.8. The quantitative estimate of drug-likeness (QED) is 0.588. The van der Waals surface area contributed by atoms with Crippen LogP contribution >= 0.6 is 11.6 Å². The maximum Gasteiger partial charge on any atom is 0.251 e. The fourth-order valence-electron chi connectivity index (χ4n) is 1.22. The fraction of sp³-hybridized carbons (Fsp3) is 0.364. The van der Waals surface area contributed by atoms with Crippen molar-refractivity contribution in [2.45, 2.75) is 12.5 Å². The minimum absolute atomic E-state index is 0.281. The molecule has 5 N–H and O–H groups in total. The second kappa shape index (κ2) is 5.35. The number of amides is 1. The summed E-state index contributed by atoms with van der Waals surface area (Å²) in [5.41, 5.74) is 5.14. The fourth-order valence-corrected chi connectivity index (χ4v) is 1.46. The number of aliphatic hydroxyl groups excluding tert-OH is 2. The lowest BCUT2D eigenvalue weighted by molar-refractivity contribution is 0.0724. The topological polar surface area (TPSA) is 95.6 Å². The minimum Gasteiger partial charge on any atom is -0.399 e. The summed E-state index contributed by atoms with van der Waals surface area (Å²) in [5.74, 6) is -0.454.